The molecule has 2 aromatic carbocycles. The van der Waals surface area contributed by atoms with E-state index in [0.29, 0.717) is 22.9 Å². The monoisotopic (exact) mass is 322 g/mol. The summed E-state index contributed by atoms with van der Waals surface area (Å²) in [6.07, 6.45) is 1.69. The molecule has 0 saturated heterocycles. The van der Waals surface area contributed by atoms with Crippen molar-refractivity contribution in [3.05, 3.63) is 54.7 Å². The number of aromatic nitrogens is 1. The molecule has 1 aromatic heterocycles. The Morgan fingerprint density at radius 3 is 2.96 bits per heavy atom. The third kappa shape index (κ3) is 2.69. The number of carbonyl (C=O) groups excluding carboxylic acids is 1. The fourth-order valence-electron chi connectivity index (χ4n) is 2.55. The number of anilines is 1. The second kappa shape index (κ2) is 6.08. The number of pyridine rings is 1. The topological polar surface area (TPSA) is 69.7 Å². The van der Waals surface area contributed by atoms with E-state index in [2.05, 4.69) is 10.3 Å². The van der Waals surface area contributed by atoms with Crippen molar-refractivity contribution in [1.29, 1.82) is 0 Å². The minimum atomic E-state index is -0.273. The lowest BCUT2D eigenvalue weighted by Gasteiger charge is -2.10. The lowest BCUT2D eigenvalue weighted by atomic mass is 10.2. The molecule has 120 valence electrons. The molecule has 6 nitrogen and oxygen atoms in total. The number of carbonyl (C=O) groups is 1. The molecule has 0 atom stereocenters. The maximum Gasteiger partial charge on any atom is 0.262 e. The molecule has 0 unspecified atom stereocenters. The number of nitrogens with one attached hydrogen (secondary N) is 1. The first-order valence-electron chi connectivity index (χ1n) is 7.46. The van der Waals surface area contributed by atoms with Crippen LogP contribution in [0.4, 0.5) is 5.69 Å². The highest BCUT2D eigenvalue weighted by molar-refractivity contribution is 6.00. The Balaban J connectivity index is 1.47. The van der Waals surface area contributed by atoms with Gasteiger partial charge in [-0.1, -0.05) is 24.3 Å². The van der Waals surface area contributed by atoms with Crippen molar-refractivity contribution in [3.8, 4) is 17.2 Å². The molecule has 1 N–H and O–H groups in total. The Morgan fingerprint density at radius 2 is 2.00 bits per heavy atom. The Morgan fingerprint density at radius 1 is 1.12 bits per heavy atom. The molecular weight excluding hydrogens is 308 g/mol. The van der Waals surface area contributed by atoms with E-state index in [9.17, 15) is 4.79 Å². The molecular formula is C18H14N2O4. The Kier molecular flexibility index (Phi) is 3.63. The molecule has 1 amide bonds. The van der Waals surface area contributed by atoms with Crippen LogP contribution in [-0.2, 0) is 4.79 Å². The molecule has 0 spiro atoms. The largest absolute Gasteiger partial charge is 0.480 e. The third-order valence-electron chi connectivity index (χ3n) is 3.63. The van der Waals surface area contributed by atoms with Crippen LogP contribution in [0.1, 0.15) is 0 Å². The van der Waals surface area contributed by atoms with Gasteiger partial charge in [0.25, 0.3) is 5.91 Å². The Hall–Kier alpha value is -3.28. The number of benzene rings is 2. The van der Waals surface area contributed by atoms with Crippen molar-refractivity contribution in [2.45, 2.75) is 0 Å². The Labute approximate surface area is 138 Å². The minimum Gasteiger partial charge on any atom is -0.480 e. The van der Waals surface area contributed by atoms with Gasteiger partial charge in [-0.05, 0) is 24.3 Å². The van der Waals surface area contributed by atoms with E-state index in [1.165, 1.54) is 0 Å². The molecule has 2 heterocycles. The van der Waals surface area contributed by atoms with E-state index in [4.69, 9.17) is 14.2 Å². The molecule has 0 radical (unpaired) electrons. The van der Waals surface area contributed by atoms with Gasteiger partial charge in [0, 0.05) is 11.6 Å². The second-order valence-corrected chi connectivity index (χ2v) is 5.21. The smallest absolute Gasteiger partial charge is 0.262 e. The van der Waals surface area contributed by atoms with Gasteiger partial charge in [0.15, 0.2) is 18.1 Å². The number of ether oxygens (including phenoxy) is 3. The van der Waals surface area contributed by atoms with Gasteiger partial charge in [0.2, 0.25) is 12.5 Å². The van der Waals surface area contributed by atoms with Crippen molar-refractivity contribution < 1.29 is 19.0 Å². The molecule has 0 bridgehead atoms. The summed E-state index contributed by atoms with van der Waals surface area (Å²) in [5, 5.41) is 3.79. The molecule has 6 heteroatoms. The number of hydrogen-bond donors (Lipinski definition) is 1. The minimum absolute atomic E-state index is 0.136. The van der Waals surface area contributed by atoms with Crippen molar-refractivity contribution in [3.63, 3.8) is 0 Å². The van der Waals surface area contributed by atoms with Crippen LogP contribution < -0.4 is 19.5 Å². The van der Waals surface area contributed by atoms with Crippen LogP contribution in [0.15, 0.2) is 54.7 Å². The summed E-state index contributed by atoms with van der Waals surface area (Å²) in [5.74, 6) is 1.35. The van der Waals surface area contributed by atoms with E-state index in [1.54, 1.807) is 24.4 Å². The maximum atomic E-state index is 12.2. The van der Waals surface area contributed by atoms with Gasteiger partial charge in [-0.15, -0.1) is 0 Å². The van der Waals surface area contributed by atoms with E-state index in [0.717, 1.165) is 10.9 Å². The first kappa shape index (κ1) is 14.3. The number of nitrogens with zero attached hydrogens (tertiary/aromatic N) is 1. The predicted octanol–water partition coefficient (Wildman–Crippen LogP) is 2.98. The summed E-state index contributed by atoms with van der Waals surface area (Å²) in [7, 11) is 0. The summed E-state index contributed by atoms with van der Waals surface area (Å²) >= 11 is 0. The van der Waals surface area contributed by atoms with Gasteiger partial charge in [0.1, 0.15) is 0 Å². The van der Waals surface area contributed by atoms with Crippen molar-refractivity contribution >= 4 is 22.5 Å². The average Bonchev–Trinajstić information content (AvgIpc) is 3.09. The van der Waals surface area contributed by atoms with Crippen LogP contribution in [-0.4, -0.2) is 24.3 Å². The number of hydrogen-bond acceptors (Lipinski definition) is 5. The molecule has 4 rings (SSSR count). The van der Waals surface area contributed by atoms with Gasteiger partial charge in [-0.3, -0.25) is 9.78 Å². The number of fused-ring (bicyclic) bond motifs is 2. The van der Waals surface area contributed by atoms with Gasteiger partial charge < -0.3 is 19.5 Å². The standard InChI is InChI=1S/C18H14N2O4/c21-16(10-22-14-7-2-8-15-18(14)24-11-23-15)20-13-6-1-4-12-5-3-9-19-17(12)13/h1-9H,10-11H2,(H,20,21). The first-order chi connectivity index (χ1) is 11.8. The highest BCUT2D eigenvalue weighted by Gasteiger charge is 2.19. The van der Waals surface area contributed by atoms with E-state index >= 15 is 0 Å². The summed E-state index contributed by atoms with van der Waals surface area (Å²) in [4.78, 5) is 16.5. The van der Waals surface area contributed by atoms with Crippen molar-refractivity contribution in [2.24, 2.45) is 0 Å². The molecule has 0 fully saturated rings. The van der Waals surface area contributed by atoms with E-state index in [1.807, 2.05) is 30.3 Å². The van der Waals surface area contributed by atoms with Crippen LogP contribution in [0.3, 0.4) is 0 Å². The molecule has 3 aromatic rings. The lowest BCUT2D eigenvalue weighted by molar-refractivity contribution is -0.118. The highest BCUT2D eigenvalue weighted by atomic mass is 16.7. The van der Waals surface area contributed by atoms with Gasteiger partial charge in [0.05, 0.1) is 11.2 Å². The third-order valence-corrected chi connectivity index (χ3v) is 3.63. The second-order valence-electron chi connectivity index (χ2n) is 5.21. The maximum absolute atomic E-state index is 12.2. The zero-order valence-corrected chi connectivity index (χ0v) is 12.7. The van der Waals surface area contributed by atoms with E-state index < -0.39 is 0 Å². The molecule has 24 heavy (non-hydrogen) atoms. The summed E-state index contributed by atoms with van der Waals surface area (Å²) in [6.45, 7) is 0.0204. The Bertz CT molecular complexity index is 905. The van der Waals surface area contributed by atoms with Crippen LogP contribution in [0.25, 0.3) is 10.9 Å². The summed E-state index contributed by atoms with van der Waals surface area (Å²) < 4.78 is 16.2. The predicted molar refractivity (Wildman–Crippen MR) is 88.4 cm³/mol. The quantitative estimate of drug-likeness (QED) is 0.799. The highest BCUT2D eigenvalue weighted by Crippen LogP contribution is 2.40. The van der Waals surface area contributed by atoms with Crippen molar-refractivity contribution in [1.82, 2.24) is 4.98 Å². The van der Waals surface area contributed by atoms with Crippen molar-refractivity contribution in [2.75, 3.05) is 18.7 Å². The number of rotatable bonds is 4. The fourth-order valence-corrected chi connectivity index (χ4v) is 2.55. The van der Waals surface area contributed by atoms with E-state index in [-0.39, 0.29) is 19.3 Å². The average molecular weight is 322 g/mol. The zero-order valence-electron chi connectivity index (χ0n) is 12.7. The lowest BCUT2D eigenvalue weighted by Crippen LogP contribution is -2.20. The SMILES string of the molecule is O=C(COc1cccc2c1OCO2)Nc1cccc2cccnc12. The van der Waals surface area contributed by atoms with Gasteiger partial charge in [-0.2, -0.15) is 0 Å². The normalized spacial score (nSPS) is 12.2. The summed E-state index contributed by atoms with van der Waals surface area (Å²) in [5.41, 5.74) is 1.39. The van der Waals surface area contributed by atoms with Crippen LogP contribution >= 0.6 is 0 Å². The first-order valence-corrected chi connectivity index (χ1v) is 7.46. The number of amides is 1. The molecule has 0 saturated carbocycles. The zero-order chi connectivity index (χ0) is 16.4. The van der Waals surface area contributed by atoms with Crippen LogP contribution in [0.2, 0.25) is 0 Å². The van der Waals surface area contributed by atoms with Crippen LogP contribution in [0.5, 0.6) is 17.2 Å². The molecule has 1 aliphatic rings. The number of para-hydroxylation sites is 2. The van der Waals surface area contributed by atoms with Gasteiger partial charge >= 0.3 is 0 Å². The summed E-state index contributed by atoms with van der Waals surface area (Å²) in [6, 6.07) is 14.7. The molecule has 1 aliphatic heterocycles. The molecule has 0 aliphatic carbocycles. The van der Waals surface area contributed by atoms with Gasteiger partial charge in [-0.25, -0.2) is 0 Å². The van der Waals surface area contributed by atoms with Crippen LogP contribution in [0, 0.1) is 0 Å². The fraction of sp³-hybridized carbons (Fsp3) is 0.111.